The fraction of sp³-hybridized carbons (Fsp3) is 0.333. The van der Waals surface area contributed by atoms with Gasteiger partial charge in [0.2, 0.25) is 11.8 Å². The summed E-state index contributed by atoms with van der Waals surface area (Å²) in [4.78, 5) is 52.5. The van der Waals surface area contributed by atoms with Crippen molar-refractivity contribution in [1.82, 2.24) is 10.6 Å². The molecule has 0 fully saturated rings. The van der Waals surface area contributed by atoms with Gasteiger partial charge in [-0.15, -0.1) is 0 Å². The molecular formula is C33H38N4O6. The summed E-state index contributed by atoms with van der Waals surface area (Å²) in [7, 11) is 0. The van der Waals surface area contributed by atoms with Gasteiger partial charge in [-0.3, -0.25) is 14.9 Å². The first-order chi connectivity index (χ1) is 20.6. The Bertz CT molecular complexity index is 1440. The zero-order valence-electron chi connectivity index (χ0n) is 24.7. The molecule has 1 aliphatic rings. The Hall–Kier alpha value is -4.86. The van der Waals surface area contributed by atoms with Gasteiger partial charge in [0, 0.05) is 24.3 Å². The third kappa shape index (κ3) is 9.59. The van der Waals surface area contributed by atoms with Crippen molar-refractivity contribution in [2.24, 2.45) is 0 Å². The van der Waals surface area contributed by atoms with Crippen LogP contribution in [0, 0.1) is 0 Å². The second-order valence-corrected chi connectivity index (χ2v) is 11.3. The molecule has 0 saturated heterocycles. The largest absolute Gasteiger partial charge is 0.445 e. The van der Waals surface area contributed by atoms with Gasteiger partial charge >= 0.3 is 12.2 Å². The molecule has 226 valence electrons. The molecular weight excluding hydrogens is 548 g/mol. The number of anilines is 2. The van der Waals surface area contributed by atoms with Crippen molar-refractivity contribution in [2.75, 3.05) is 16.8 Å². The van der Waals surface area contributed by atoms with E-state index >= 15 is 0 Å². The van der Waals surface area contributed by atoms with Gasteiger partial charge in [-0.05, 0) is 68.5 Å². The highest BCUT2D eigenvalue weighted by Gasteiger charge is 2.31. The summed E-state index contributed by atoms with van der Waals surface area (Å²) in [6, 6.07) is 23.4. The number of carbonyl (C=O) groups excluding carboxylic acids is 4. The number of aryl methyl sites for hydroxylation is 1. The Labute approximate surface area is 251 Å². The number of alkyl carbamates (subject to hydrolysis) is 1. The van der Waals surface area contributed by atoms with Crippen LogP contribution in [0.25, 0.3) is 0 Å². The van der Waals surface area contributed by atoms with Gasteiger partial charge in [0.15, 0.2) is 0 Å². The van der Waals surface area contributed by atoms with Crippen LogP contribution in [0.2, 0.25) is 0 Å². The molecule has 0 spiro atoms. The fourth-order valence-electron chi connectivity index (χ4n) is 4.68. The van der Waals surface area contributed by atoms with E-state index in [1.54, 1.807) is 43.9 Å². The van der Waals surface area contributed by atoms with E-state index in [2.05, 4.69) is 16.0 Å². The lowest BCUT2D eigenvalue weighted by atomic mass is 10.1. The Kier molecular flexibility index (Phi) is 10.4. The first-order valence-corrected chi connectivity index (χ1v) is 14.3. The average Bonchev–Trinajstić information content (AvgIpc) is 3.08. The number of fused-ring (bicyclic) bond motifs is 1. The third-order valence-corrected chi connectivity index (χ3v) is 6.63. The molecule has 0 aliphatic carbocycles. The number of nitrogens with one attached hydrogen (secondary N) is 3. The number of amides is 4. The van der Waals surface area contributed by atoms with Gasteiger partial charge in [-0.2, -0.15) is 0 Å². The maximum absolute atomic E-state index is 13.8. The van der Waals surface area contributed by atoms with Crippen molar-refractivity contribution in [3.8, 4) is 0 Å². The molecule has 1 atom stereocenters. The molecule has 1 aliphatic heterocycles. The molecule has 10 heteroatoms. The Balaban J connectivity index is 1.36. The van der Waals surface area contributed by atoms with Gasteiger partial charge in [0.1, 0.15) is 18.2 Å². The van der Waals surface area contributed by atoms with Crippen molar-refractivity contribution >= 4 is 35.4 Å². The first-order valence-electron chi connectivity index (χ1n) is 14.3. The van der Waals surface area contributed by atoms with Crippen LogP contribution in [0.3, 0.4) is 0 Å². The van der Waals surface area contributed by atoms with Crippen LogP contribution in [-0.4, -0.2) is 42.2 Å². The third-order valence-electron chi connectivity index (χ3n) is 6.63. The van der Waals surface area contributed by atoms with E-state index in [0.717, 1.165) is 22.4 Å². The minimum Gasteiger partial charge on any atom is -0.445 e. The number of hydrogen-bond donors (Lipinski definition) is 3. The Morgan fingerprint density at radius 1 is 0.907 bits per heavy atom. The second kappa shape index (κ2) is 14.4. The monoisotopic (exact) mass is 586 g/mol. The van der Waals surface area contributed by atoms with Crippen LogP contribution in [0.1, 0.15) is 50.3 Å². The second-order valence-electron chi connectivity index (χ2n) is 11.3. The molecule has 4 amide bonds. The summed E-state index contributed by atoms with van der Waals surface area (Å²) < 4.78 is 10.5. The van der Waals surface area contributed by atoms with E-state index in [0.29, 0.717) is 18.5 Å². The quantitative estimate of drug-likeness (QED) is 0.312. The topological polar surface area (TPSA) is 126 Å². The minimum absolute atomic E-state index is 0.00442. The van der Waals surface area contributed by atoms with Crippen molar-refractivity contribution in [3.63, 3.8) is 0 Å². The SMILES string of the molecule is CC(C)(C)OC(=O)Nc1cccc(CN2C(=O)C(NC(=O)CCNC(=O)OCc3ccccc3)CCc3ccccc32)c1. The normalized spacial score (nSPS) is 14.6. The Morgan fingerprint density at radius 2 is 1.63 bits per heavy atom. The smallest absolute Gasteiger partial charge is 0.412 e. The first kappa shape index (κ1) is 31.1. The van der Waals surface area contributed by atoms with Crippen molar-refractivity contribution in [3.05, 3.63) is 95.6 Å². The summed E-state index contributed by atoms with van der Waals surface area (Å²) >= 11 is 0. The lowest BCUT2D eigenvalue weighted by Gasteiger charge is -2.27. The number of para-hydroxylation sites is 1. The highest BCUT2D eigenvalue weighted by Crippen LogP contribution is 2.29. The zero-order valence-corrected chi connectivity index (χ0v) is 24.7. The summed E-state index contributed by atoms with van der Waals surface area (Å²) in [5.74, 6) is -0.588. The molecule has 1 heterocycles. The van der Waals surface area contributed by atoms with E-state index in [9.17, 15) is 19.2 Å². The lowest BCUT2D eigenvalue weighted by Crippen LogP contribution is -2.48. The molecule has 0 aromatic heterocycles. The van der Waals surface area contributed by atoms with Crippen LogP contribution >= 0.6 is 0 Å². The van der Waals surface area contributed by atoms with E-state index in [-0.39, 0.29) is 37.9 Å². The van der Waals surface area contributed by atoms with Gasteiger partial charge in [-0.1, -0.05) is 60.7 Å². The number of carbonyl (C=O) groups is 4. The summed E-state index contributed by atoms with van der Waals surface area (Å²) in [5.41, 5.74) is 3.34. The summed E-state index contributed by atoms with van der Waals surface area (Å²) in [6.45, 7) is 5.81. The lowest BCUT2D eigenvalue weighted by molar-refractivity contribution is -0.127. The number of nitrogens with zero attached hydrogens (tertiary/aromatic N) is 1. The predicted octanol–water partition coefficient (Wildman–Crippen LogP) is 5.31. The molecule has 3 N–H and O–H groups in total. The molecule has 4 rings (SSSR count). The molecule has 10 nitrogen and oxygen atoms in total. The van der Waals surface area contributed by atoms with Crippen LogP contribution in [0.5, 0.6) is 0 Å². The predicted molar refractivity (Wildman–Crippen MR) is 163 cm³/mol. The van der Waals surface area contributed by atoms with Crippen molar-refractivity contribution in [1.29, 1.82) is 0 Å². The highest BCUT2D eigenvalue weighted by molar-refractivity contribution is 6.00. The number of hydrogen-bond acceptors (Lipinski definition) is 6. The van der Waals surface area contributed by atoms with Crippen molar-refractivity contribution < 1.29 is 28.7 Å². The zero-order chi connectivity index (χ0) is 30.8. The van der Waals surface area contributed by atoms with Gasteiger partial charge in [0.25, 0.3) is 0 Å². The van der Waals surface area contributed by atoms with E-state index in [4.69, 9.17) is 9.47 Å². The van der Waals surface area contributed by atoms with Crippen LogP contribution in [0.4, 0.5) is 21.0 Å². The molecule has 3 aromatic carbocycles. The van der Waals surface area contributed by atoms with E-state index in [1.165, 1.54) is 0 Å². The molecule has 0 bridgehead atoms. The maximum atomic E-state index is 13.8. The molecule has 0 radical (unpaired) electrons. The van der Waals surface area contributed by atoms with Gasteiger partial charge < -0.3 is 25.0 Å². The maximum Gasteiger partial charge on any atom is 0.412 e. The Morgan fingerprint density at radius 3 is 2.40 bits per heavy atom. The van der Waals surface area contributed by atoms with E-state index in [1.807, 2.05) is 60.7 Å². The standard InChI is InChI=1S/C33H38N4O6/c1-33(2,3)43-32(41)35-26-14-9-12-24(20-26)21-37-28-15-8-7-13-25(28)16-17-27(30(37)39)36-29(38)18-19-34-31(40)42-22-23-10-5-4-6-11-23/h4-15,20,27H,16-19,21-22H2,1-3H3,(H,34,40)(H,35,41)(H,36,38). The van der Waals surface area contributed by atoms with Crippen LogP contribution < -0.4 is 20.9 Å². The fourth-order valence-corrected chi connectivity index (χ4v) is 4.68. The molecule has 43 heavy (non-hydrogen) atoms. The van der Waals surface area contributed by atoms with Crippen LogP contribution in [0.15, 0.2) is 78.9 Å². The average molecular weight is 587 g/mol. The van der Waals surface area contributed by atoms with Gasteiger partial charge in [-0.25, -0.2) is 9.59 Å². The summed E-state index contributed by atoms with van der Waals surface area (Å²) in [6.07, 6.45) is -0.150. The number of rotatable bonds is 9. The summed E-state index contributed by atoms with van der Waals surface area (Å²) in [5, 5.41) is 8.17. The number of ether oxygens (including phenoxy) is 2. The van der Waals surface area contributed by atoms with E-state index < -0.39 is 23.8 Å². The highest BCUT2D eigenvalue weighted by atomic mass is 16.6. The molecule has 0 saturated carbocycles. The molecule has 1 unspecified atom stereocenters. The van der Waals surface area contributed by atoms with Crippen molar-refractivity contribution in [2.45, 2.75) is 64.8 Å². The number of benzene rings is 3. The minimum atomic E-state index is -0.743. The molecule has 3 aromatic rings. The van der Waals surface area contributed by atoms with Crippen LogP contribution in [-0.2, 0) is 38.6 Å². The van der Waals surface area contributed by atoms with Gasteiger partial charge in [0.05, 0.1) is 6.54 Å².